The molecule has 1 N–H and O–H groups in total. The molecule has 22 heavy (non-hydrogen) atoms. The molecule has 0 bridgehead atoms. The minimum Gasteiger partial charge on any atom is -0.476 e. The topological polar surface area (TPSA) is 75.4 Å². The third-order valence-electron chi connectivity index (χ3n) is 3.50. The Labute approximate surface area is 128 Å². The van der Waals surface area contributed by atoms with Gasteiger partial charge in [0.2, 0.25) is 0 Å². The lowest BCUT2D eigenvalue weighted by atomic mass is 10.2. The summed E-state index contributed by atoms with van der Waals surface area (Å²) < 4.78 is 1.12. The Morgan fingerprint density at radius 1 is 1.23 bits per heavy atom. The van der Waals surface area contributed by atoms with Crippen molar-refractivity contribution in [1.82, 2.24) is 9.78 Å². The molecule has 0 unspecified atom stereocenters. The molecule has 0 fully saturated rings. The summed E-state index contributed by atoms with van der Waals surface area (Å²) in [5.74, 6) is -1.15. The number of aromatic nitrogens is 2. The largest absolute Gasteiger partial charge is 0.476 e. The summed E-state index contributed by atoms with van der Waals surface area (Å²) in [6.45, 7) is 6.95. The van der Waals surface area contributed by atoms with Crippen LogP contribution < -0.4 is 10.5 Å². The molecule has 0 saturated heterocycles. The molecule has 0 aliphatic rings. The predicted octanol–water partition coefficient (Wildman–Crippen LogP) is 2.09. The highest BCUT2D eigenvalue weighted by molar-refractivity contribution is 5.92. The molecule has 0 aliphatic carbocycles. The monoisotopic (exact) mass is 301 g/mol. The first-order valence-electron chi connectivity index (χ1n) is 7.17. The second-order valence-electron chi connectivity index (χ2n) is 4.94. The third kappa shape index (κ3) is 3.00. The van der Waals surface area contributed by atoms with Crippen molar-refractivity contribution in [2.24, 2.45) is 0 Å². The molecular formula is C16H19N3O3. The molecule has 2 rings (SSSR count). The van der Waals surface area contributed by atoms with Gasteiger partial charge in [0.25, 0.3) is 5.56 Å². The summed E-state index contributed by atoms with van der Waals surface area (Å²) >= 11 is 0. The highest BCUT2D eigenvalue weighted by atomic mass is 16.4. The number of benzene rings is 1. The van der Waals surface area contributed by atoms with E-state index in [0.717, 1.165) is 10.2 Å². The first-order valence-corrected chi connectivity index (χ1v) is 7.17. The van der Waals surface area contributed by atoms with Crippen LogP contribution in [0.4, 0.5) is 5.69 Å². The molecule has 1 aromatic carbocycles. The van der Waals surface area contributed by atoms with E-state index in [0.29, 0.717) is 24.5 Å². The lowest BCUT2D eigenvalue weighted by Crippen LogP contribution is -2.30. The quantitative estimate of drug-likeness (QED) is 0.915. The van der Waals surface area contributed by atoms with Gasteiger partial charge in [0.15, 0.2) is 5.69 Å². The Hall–Kier alpha value is -2.63. The number of carbonyl (C=O) groups is 1. The van der Waals surface area contributed by atoms with E-state index in [-0.39, 0.29) is 11.3 Å². The molecule has 2 aromatic rings. The summed E-state index contributed by atoms with van der Waals surface area (Å²) in [5, 5.41) is 13.5. The zero-order valence-electron chi connectivity index (χ0n) is 12.9. The number of hydrogen-bond acceptors (Lipinski definition) is 4. The van der Waals surface area contributed by atoms with E-state index in [1.165, 1.54) is 6.07 Å². The van der Waals surface area contributed by atoms with Crippen LogP contribution in [0.25, 0.3) is 5.69 Å². The number of hydrogen-bond donors (Lipinski definition) is 1. The van der Waals surface area contributed by atoms with E-state index in [4.69, 9.17) is 0 Å². The summed E-state index contributed by atoms with van der Waals surface area (Å²) in [6.07, 6.45) is 0. The molecule has 6 nitrogen and oxygen atoms in total. The van der Waals surface area contributed by atoms with Gasteiger partial charge < -0.3 is 10.0 Å². The van der Waals surface area contributed by atoms with E-state index < -0.39 is 5.97 Å². The van der Waals surface area contributed by atoms with Crippen LogP contribution in [0.3, 0.4) is 0 Å². The van der Waals surface area contributed by atoms with Gasteiger partial charge in [0.05, 0.1) is 11.4 Å². The second-order valence-corrected chi connectivity index (χ2v) is 4.94. The fourth-order valence-corrected chi connectivity index (χ4v) is 2.28. The first-order chi connectivity index (χ1) is 10.5. The second kappa shape index (κ2) is 6.43. The van der Waals surface area contributed by atoms with Gasteiger partial charge in [-0.3, -0.25) is 4.79 Å². The van der Waals surface area contributed by atoms with Gasteiger partial charge in [0.1, 0.15) is 0 Å². The fourth-order valence-electron chi connectivity index (χ4n) is 2.28. The Balaban J connectivity index is 2.64. The van der Waals surface area contributed by atoms with Crippen molar-refractivity contribution in [3.63, 3.8) is 0 Å². The van der Waals surface area contributed by atoms with E-state index in [9.17, 15) is 14.7 Å². The molecular weight excluding hydrogens is 282 g/mol. The van der Waals surface area contributed by atoms with Crippen molar-refractivity contribution < 1.29 is 9.90 Å². The van der Waals surface area contributed by atoms with Crippen LogP contribution in [-0.4, -0.2) is 33.9 Å². The van der Waals surface area contributed by atoms with Crippen LogP contribution in [0, 0.1) is 6.92 Å². The van der Waals surface area contributed by atoms with Crippen LogP contribution in [0.1, 0.15) is 29.9 Å². The maximum absolute atomic E-state index is 12.3. The number of aryl methyl sites for hydroxylation is 1. The van der Waals surface area contributed by atoms with Crippen molar-refractivity contribution in [3.05, 3.63) is 51.9 Å². The van der Waals surface area contributed by atoms with E-state index in [2.05, 4.69) is 5.10 Å². The average Bonchev–Trinajstić information content (AvgIpc) is 2.49. The smallest absolute Gasteiger partial charge is 0.358 e. The Morgan fingerprint density at radius 2 is 1.82 bits per heavy atom. The van der Waals surface area contributed by atoms with Crippen LogP contribution in [0.15, 0.2) is 35.1 Å². The van der Waals surface area contributed by atoms with Gasteiger partial charge in [-0.1, -0.05) is 17.7 Å². The maximum atomic E-state index is 12.3. The number of carboxylic acids is 1. The Morgan fingerprint density at radius 3 is 2.32 bits per heavy atom. The zero-order valence-corrected chi connectivity index (χ0v) is 12.9. The van der Waals surface area contributed by atoms with Crippen LogP contribution in [-0.2, 0) is 0 Å². The van der Waals surface area contributed by atoms with Gasteiger partial charge in [-0.2, -0.15) is 9.78 Å². The lowest BCUT2D eigenvalue weighted by Gasteiger charge is -2.22. The van der Waals surface area contributed by atoms with Crippen LogP contribution >= 0.6 is 0 Å². The van der Waals surface area contributed by atoms with Crippen molar-refractivity contribution in [3.8, 4) is 5.69 Å². The zero-order chi connectivity index (χ0) is 16.3. The van der Waals surface area contributed by atoms with Crippen molar-refractivity contribution >= 4 is 11.7 Å². The summed E-state index contributed by atoms with van der Waals surface area (Å²) in [5.41, 5.74) is 1.48. The van der Waals surface area contributed by atoms with Crippen molar-refractivity contribution in [2.75, 3.05) is 18.0 Å². The minimum atomic E-state index is -1.15. The normalized spacial score (nSPS) is 10.5. The number of carboxylic acid groups (broad SMARTS) is 1. The van der Waals surface area contributed by atoms with Crippen molar-refractivity contribution in [2.45, 2.75) is 20.8 Å². The number of rotatable bonds is 5. The molecule has 0 amide bonds. The predicted molar refractivity (Wildman–Crippen MR) is 85.1 cm³/mol. The SMILES string of the molecule is CCN(CC)c1cc(=O)n(-c2ccc(C)cc2)nc1C(=O)O. The van der Waals surface area contributed by atoms with Gasteiger partial charge in [-0.15, -0.1) is 0 Å². The standard InChI is InChI=1S/C16H19N3O3/c1-4-18(5-2)13-10-14(20)19(17-15(13)16(21)22)12-8-6-11(3)7-9-12/h6-10H,4-5H2,1-3H3,(H,21,22). The van der Waals surface area contributed by atoms with Crippen molar-refractivity contribution in [1.29, 1.82) is 0 Å². The highest BCUT2D eigenvalue weighted by Crippen LogP contribution is 2.17. The molecule has 0 aliphatic heterocycles. The van der Waals surface area contributed by atoms with E-state index in [1.807, 2.05) is 32.9 Å². The number of nitrogens with zero attached hydrogens (tertiary/aromatic N) is 3. The summed E-state index contributed by atoms with van der Waals surface area (Å²) in [4.78, 5) is 25.6. The fraction of sp³-hybridized carbons (Fsp3) is 0.312. The third-order valence-corrected chi connectivity index (χ3v) is 3.50. The lowest BCUT2D eigenvalue weighted by molar-refractivity contribution is 0.0689. The molecule has 0 radical (unpaired) electrons. The average molecular weight is 301 g/mol. The van der Waals surface area contributed by atoms with E-state index >= 15 is 0 Å². The van der Waals surface area contributed by atoms with Gasteiger partial charge >= 0.3 is 5.97 Å². The van der Waals surface area contributed by atoms with Gasteiger partial charge in [-0.05, 0) is 32.9 Å². The summed E-state index contributed by atoms with van der Waals surface area (Å²) in [7, 11) is 0. The minimum absolute atomic E-state index is 0.121. The molecule has 1 heterocycles. The number of aromatic carboxylic acids is 1. The van der Waals surface area contributed by atoms with Crippen LogP contribution in [0.5, 0.6) is 0 Å². The highest BCUT2D eigenvalue weighted by Gasteiger charge is 2.19. The van der Waals surface area contributed by atoms with E-state index in [1.54, 1.807) is 17.0 Å². The number of anilines is 1. The van der Waals surface area contributed by atoms with Crippen LogP contribution in [0.2, 0.25) is 0 Å². The molecule has 6 heteroatoms. The molecule has 0 saturated carbocycles. The van der Waals surface area contributed by atoms with Gasteiger partial charge in [0, 0.05) is 19.2 Å². The molecule has 1 aromatic heterocycles. The molecule has 116 valence electrons. The molecule has 0 spiro atoms. The maximum Gasteiger partial charge on any atom is 0.358 e. The summed E-state index contributed by atoms with van der Waals surface area (Å²) in [6, 6.07) is 8.52. The first kappa shape index (κ1) is 15.8. The Kier molecular flexibility index (Phi) is 4.60. The molecule has 0 atom stereocenters. The van der Waals surface area contributed by atoms with Gasteiger partial charge in [-0.25, -0.2) is 4.79 Å². The Bertz CT molecular complexity index is 731.